The van der Waals surface area contributed by atoms with Gasteiger partial charge in [-0.3, -0.25) is 4.68 Å². The second-order valence-electron chi connectivity index (χ2n) is 6.35. The summed E-state index contributed by atoms with van der Waals surface area (Å²) in [6.45, 7) is 3.03. The maximum atomic E-state index is 5.86. The summed E-state index contributed by atoms with van der Waals surface area (Å²) >= 11 is 0. The first kappa shape index (κ1) is 15.1. The molecule has 1 atom stereocenters. The minimum absolute atomic E-state index is 0.669. The average Bonchev–Trinajstić information content (AvgIpc) is 2.81. The molecule has 0 fully saturated rings. The summed E-state index contributed by atoms with van der Waals surface area (Å²) in [4.78, 5) is 2.44. The highest BCUT2D eigenvalue weighted by Gasteiger charge is 2.18. The van der Waals surface area contributed by atoms with Crippen molar-refractivity contribution in [1.29, 1.82) is 0 Å². The highest BCUT2D eigenvalue weighted by Crippen LogP contribution is 2.26. The standard InChI is InChI=1S/C18H25N3O/c1-20(9-7-16-12-19-21(2)14-16)13-15-8-10-22-18-6-4-3-5-17(18)11-15/h3-6,12,14-15H,7-11,13H2,1-2H3/t15-/m0/s1. The van der Waals surface area contributed by atoms with Crippen LogP contribution in [-0.4, -0.2) is 41.4 Å². The molecule has 1 aliphatic rings. The van der Waals surface area contributed by atoms with Crippen LogP contribution in [0.1, 0.15) is 17.5 Å². The van der Waals surface area contributed by atoms with Crippen molar-refractivity contribution >= 4 is 0 Å². The van der Waals surface area contributed by atoms with E-state index < -0.39 is 0 Å². The van der Waals surface area contributed by atoms with Crippen LogP contribution < -0.4 is 4.74 Å². The van der Waals surface area contributed by atoms with Crippen molar-refractivity contribution in [3.05, 3.63) is 47.8 Å². The normalized spacial score (nSPS) is 17.9. The van der Waals surface area contributed by atoms with Crippen LogP contribution >= 0.6 is 0 Å². The molecule has 0 aliphatic carbocycles. The Morgan fingerprint density at radius 2 is 2.23 bits per heavy atom. The van der Waals surface area contributed by atoms with Crippen LogP contribution in [0.15, 0.2) is 36.7 Å². The van der Waals surface area contributed by atoms with E-state index in [4.69, 9.17) is 4.74 Å². The summed E-state index contributed by atoms with van der Waals surface area (Å²) < 4.78 is 7.73. The SMILES string of the molecule is CN(CCc1cnn(C)c1)C[C@H]1CCOc2ccccc2C1. The average molecular weight is 299 g/mol. The number of fused-ring (bicyclic) bond motifs is 1. The van der Waals surface area contributed by atoms with E-state index in [0.29, 0.717) is 5.92 Å². The maximum Gasteiger partial charge on any atom is 0.122 e. The zero-order valence-electron chi connectivity index (χ0n) is 13.5. The molecule has 4 heteroatoms. The topological polar surface area (TPSA) is 30.3 Å². The molecular formula is C18H25N3O. The van der Waals surface area contributed by atoms with E-state index in [-0.39, 0.29) is 0 Å². The number of hydrogen-bond acceptors (Lipinski definition) is 3. The summed E-state index contributed by atoms with van der Waals surface area (Å²) in [5, 5.41) is 4.23. The van der Waals surface area contributed by atoms with Crippen molar-refractivity contribution in [2.45, 2.75) is 19.3 Å². The number of likely N-dealkylation sites (N-methyl/N-ethyl adjacent to an activating group) is 1. The number of para-hydroxylation sites is 1. The minimum Gasteiger partial charge on any atom is -0.493 e. The van der Waals surface area contributed by atoms with Gasteiger partial charge >= 0.3 is 0 Å². The van der Waals surface area contributed by atoms with Crippen LogP contribution in [0.25, 0.3) is 0 Å². The number of ether oxygens (including phenoxy) is 1. The molecule has 118 valence electrons. The maximum absolute atomic E-state index is 5.86. The van der Waals surface area contributed by atoms with Gasteiger partial charge in [-0.2, -0.15) is 5.10 Å². The molecule has 0 unspecified atom stereocenters. The van der Waals surface area contributed by atoms with E-state index in [0.717, 1.165) is 44.7 Å². The number of rotatable bonds is 5. The van der Waals surface area contributed by atoms with Gasteiger partial charge in [0, 0.05) is 26.3 Å². The predicted octanol–water partition coefficient (Wildman–Crippen LogP) is 2.54. The van der Waals surface area contributed by atoms with E-state index in [2.05, 4.69) is 47.5 Å². The summed E-state index contributed by atoms with van der Waals surface area (Å²) in [5.41, 5.74) is 2.66. The second kappa shape index (κ2) is 6.97. The molecular weight excluding hydrogens is 274 g/mol. The van der Waals surface area contributed by atoms with Crippen molar-refractivity contribution in [2.24, 2.45) is 13.0 Å². The Morgan fingerprint density at radius 3 is 3.05 bits per heavy atom. The van der Waals surface area contributed by atoms with Crippen LogP contribution in [0.2, 0.25) is 0 Å². The van der Waals surface area contributed by atoms with Gasteiger partial charge in [-0.05, 0) is 49.4 Å². The Morgan fingerprint density at radius 1 is 1.36 bits per heavy atom. The fourth-order valence-electron chi connectivity index (χ4n) is 3.17. The molecule has 0 radical (unpaired) electrons. The van der Waals surface area contributed by atoms with Gasteiger partial charge in [0.15, 0.2) is 0 Å². The van der Waals surface area contributed by atoms with Gasteiger partial charge in [0.1, 0.15) is 5.75 Å². The molecule has 1 aromatic carbocycles. The number of aromatic nitrogens is 2. The van der Waals surface area contributed by atoms with E-state index in [1.165, 1.54) is 11.1 Å². The molecule has 0 spiro atoms. The lowest BCUT2D eigenvalue weighted by molar-refractivity contribution is 0.241. The Hall–Kier alpha value is -1.81. The zero-order valence-corrected chi connectivity index (χ0v) is 13.5. The molecule has 22 heavy (non-hydrogen) atoms. The molecule has 2 aromatic rings. The van der Waals surface area contributed by atoms with Crippen LogP contribution in [0.4, 0.5) is 0 Å². The van der Waals surface area contributed by atoms with E-state index in [1.807, 2.05) is 17.9 Å². The van der Waals surface area contributed by atoms with E-state index in [1.54, 1.807) is 0 Å². The van der Waals surface area contributed by atoms with Crippen LogP contribution in [-0.2, 0) is 19.9 Å². The molecule has 0 saturated carbocycles. The summed E-state index contributed by atoms with van der Waals surface area (Å²) in [7, 11) is 4.18. The van der Waals surface area contributed by atoms with Crippen molar-refractivity contribution in [1.82, 2.24) is 14.7 Å². The molecule has 1 aromatic heterocycles. The van der Waals surface area contributed by atoms with E-state index in [9.17, 15) is 0 Å². The quantitative estimate of drug-likeness (QED) is 0.850. The number of nitrogens with zero attached hydrogens (tertiary/aromatic N) is 3. The lowest BCUT2D eigenvalue weighted by atomic mass is 9.96. The number of hydrogen-bond donors (Lipinski definition) is 0. The molecule has 3 rings (SSSR count). The minimum atomic E-state index is 0.669. The molecule has 0 N–H and O–H groups in total. The Kier molecular flexibility index (Phi) is 4.78. The van der Waals surface area contributed by atoms with Crippen molar-refractivity contribution < 1.29 is 4.74 Å². The van der Waals surface area contributed by atoms with Gasteiger partial charge in [-0.15, -0.1) is 0 Å². The van der Waals surface area contributed by atoms with Gasteiger partial charge in [0.2, 0.25) is 0 Å². The second-order valence-corrected chi connectivity index (χ2v) is 6.35. The molecule has 0 saturated heterocycles. The third-order valence-corrected chi connectivity index (χ3v) is 4.38. The Bertz CT molecular complexity index is 608. The zero-order chi connectivity index (χ0) is 15.4. The van der Waals surface area contributed by atoms with Crippen molar-refractivity contribution in [3.63, 3.8) is 0 Å². The van der Waals surface area contributed by atoms with Gasteiger partial charge in [0.25, 0.3) is 0 Å². The Labute approximate surface area is 132 Å². The van der Waals surface area contributed by atoms with Crippen LogP contribution in [0, 0.1) is 5.92 Å². The summed E-state index contributed by atoms with van der Waals surface area (Å²) in [6, 6.07) is 8.45. The third kappa shape index (κ3) is 3.89. The summed E-state index contributed by atoms with van der Waals surface area (Å²) in [6.07, 6.45) is 7.37. The molecule has 4 nitrogen and oxygen atoms in total. The molecule has 0 amide bonds. The molecule has 1 aliphatic heterocycles. The first-order valence-corrected chi connectivity index (χ1v) is 8.07. The largest absolute Gasteiger partial charge is 0.493 e. The fraction of sp³-hybridized carbons (Fsp3) is 0.500. The van der Waals surface area contributed by atoms with Gasteiger partial charge in [-0.25, -0.2) is 0 Å². The highest BCUT2D eigenvalue weighted by atomic mass is 16.5. The van der Waals surface area contributed by atoms with Gasteiger partial charge in [0.05, 0.1) is 12.8 Å². The van der Waals surface area contributed by atoms with Crippen molar-refractivity contribution in [2.75, 3.05) is 26.7 Å². The van der Waals surface area contributed by atoms with Gasteiger partial charge < -0.3 is 9.64 Å². The number of benzene rings is 1. The Balaban J connectivity index is 1.52. The third-order valence-electron chi connectivity index (χ3n) is 4.38. The lowest BCUT2D eigenvalue weighted by Gasteiger charge is -2.22. The predicted molar refractivity (Wildman–Crippen MR) is 88.2 cm³/mol. The van der Waals surface area contributed by atoms with Crippen LogP contribution in [0.5, 0.6) is 5.75 Å². The monoisotopic (exact) mass is 299 g/mol. The lowest BCUT2D eigenvalue weighted by Crippen LogP contribution is -2.29. The van der Waals surface area contributed by atoms with Crippen molar-refractivity contribution in [3.8, 4) is 5.75 Å². The first-order valence-electron chi connectivity index (χ1n) is 8.07. The number of aryl methyl sites for hydroxylation is 1. The summed E-state index contributed by atoms with van der Waals surface area (Å²) in [5.74, 6) is 1.74. The highest BCUT2D eigenvalue weighted by molar-refractivity contribution is 5.34. The van der Waals surface area contributed by atoms with Gasteiger partial charge in [-0.1, -0.05) is 18.2 Å². The molecule has 0 bridgehead atoms. The smallest absolute Gasteiger partial charge is 0.122 e. The fourth-order valence-corrected chi connectivity index (χ4v) is 3.17. The molecule has 2 heterocycles. The van der Waals surface area contributed by atoms with Crippen LogP contribution in [0.3, 0.4) is 0 Å². The first-order chi connectivity index (χ1) is 10.7. The van der Waals surface area contributed by atoms with E-state index >= 15 is 0 Å².